The SMILES string of the molecule is CN(CCOc1ccc(B(O)O)cc1)CC1CCCCO1. The average molecular weight is 293 g/mol. The van der Waals surface area contributed by atoms with Crippen LogP contribution in [-0.2, 0) is 4.74 Å². The summed E-state index contributed by atoms with van der Waals surface area (Å²) in [6.07, 6.45) is 3.95. The number of hydrogen-bond acceptors (Lipinski definition) is 5. The van der Waals surface area contributed by atoms with E-state index in [2.05, 4.69) is 11.9 Å². The van der Waals surface area contributed by atoms with Gasteiger partial charge in [0.1, 0.15) is 12.4 Å². The van der Waals surface area contributed by atoms with E-state index in [1.165, 1.54) is 12.8 Å². The molecule has 1 aromatic carbocycles. The lowest BCUT2D eigenvalue weighted by atomic mass is 9.80. The molecular formula is C15H24BNO4. The van der Waals surface area contributed by atoms with Gasteiger partial charge in [-0.05, 0) is 43.9 Å². The monoisotopic (exact) mass is 293 g/mol. The second-order valence-electron chi connectivity index (χ2n) is 5.54. The predicted molar refractivity (Wildman–Crippen MR) is 82.9 cm³/mol. The van der Waals surface area contributed by atoms with Gasteiger partial charge in [-0.2, -0.15) is 0 Å². The topological polar surface area (TPSA) is 62.2 Å². The first-order chi connectivity index (χ1) is 10.1. The molecule has 1 saturated heterocycles. The fraction of sp³-hybridized carbons (Fsp3) is 0.600. The van der Waals surface area contributed by atoms with E-state index >= 15 is 0 Å². The van der Waals surface area contributed by atoms with Crippen molar-refractivity contribution in [3.63, 3.8) is 0 Å². The first-order valence-electron chi connectivity index (χ1n) is 7.54. The Balaban J connectivity index is 1.66. The zero-order chi connectivity index (χ0) is 15.1. The molecule has 0 amide bonds. The minimum atomic E-state index is -1.43. The fourth-order valence-electron chi connectivity index (χ4n) is 2.45. The van der Waals surface area contributed by atoms with Crippen molar-refractivity contribution in [3.8, 4) is 5.75 Å². The number of rotatable bonds is 7. The second-order valence-corrected chi connectivity index (χ2v) is 5.54. The molecule has 2 rings (SSSR count). The Bertz CT molecular complexity index is 407. The Kier molecular flexibility index (Phi) is 6.51. The third-order valence-electron chi connectivity index (χ3n) is 3.71. The highest BCUT2D eigenvalue weighted by Gasteiger charge is 2.15. The second kappa shape index (κ2) is 8.39. The van der Waals surface area contributed by atoms with E-state index in [0.29, 0.717) is 18.2 Å². The molecule has 116 valence electrons. The molecule has 0 radical (unpaired) electrons. The smallest absolute Gasteiger partial charge is 0.488 e. The van der Waals surface area contributed by atoms with Crippen LogP contribution in [-0.4, -0.2) is 61.5 Å². The van der Waals surface area contributed by atoms with Crippen molar-refractivity contribution in [1.29, 1.82) is 0 Å². The molecule has 2 N–H and O–H groups in total. The third-order valence-corrected chi connectivity index (χ3v) is 3.71. The number of benzene rings is 1. The van der Waals surface area contributed by atoms with Crippen molar-refractivity contribution >= 4 is 12.6 Å². The highest BCUT2D eigenvalue weighted by molar-refractivity contribution is 6.58. The van der Waals surface area contributed by atoms with Crippen LogP contribution >= 0.6 is 0 Å². The predicted octanol–water partition coefficient (Wildman–Crippen LogP) is 0.246. The van der Waals surface area contributed by atoms with Crippen LogP contribution in [0.5, 0.6) is 5.75 Å². The van der Waals surface area contributed by atoms with Gasteiger partial charge >= 0.3 is 7.12 Å². The molecule has 0 aromatic heterocycles. The highest BCUT2D eigenvalue weighted by atomic mass is 16.5. The van der Waals surface area contributed by atoms with E-state index in [0.717, 1.165) is 31.9 Å². The zero-order valence-electron chi connectivity index (χ0n) is 12.6. The summed E-state index contributed by atoms with van der Waals surface area (Å²) in [6, 6.07) is 6.80. The van der Waals surface area contributed by atoms with Crippen LogP contribution < -0.4 is 10.2 Å². The van der Waals surface area contributed by atoms with Crippen molar-refractivity contribution in [2.45, 2.75) is 25.4 Å². The Labute approximate surface area is 126 Å². The maximum atomic E-state index is 9.02. The molecule has 0 aliphatic carbocycles. The van der Waals surface area contributed by atoms with E-state index in [4.69, 9.17) is 19.5 Å². The maximum Gasteiger partial charge on any atom is 0.488 e. The highest BCUT2D eigenvalue weighted by Crippen LogP contribution is 2.13. The van der Waals surface area contributed by atoms with Crippen molar-refractivity contribution in [1.82, 2.24) is 4.90 Å². The molecule has 21 heavy (non-hydrogen) atoms. The summed E-state index contributed by atoms with van der Waals surface area (Å²) in [6.45, 7) is 3.27. The van der Waals surface area contributed by atoms with Gasteiger partial charge in [-0.1, -0.05) is 12.1 Å². The fourth-order valence-corrected chi connectivity index (χ4v) is 2.45. The van der Waals surface area contributed by atoms with Gasteiger partial charge in [-0.15, -0.1) is 0 Å². The molecular weight excluding hydrogens is 269 g/mol. The van der Waals surface area contributed by atoms with Gasteiger partial charge < -0.3 is 24.4 Å². The van der Waals surface area contributed by atoms with Crippen LogP contribution in [0.2, 0.25) is 0 Å². The van der Waals surface area contributed by atoms with E-state index in [9.17, 15) is 0 Å². The minimum Gasteiger partial charge on any atom is -0.492 e. The summed E-state index contributed by atoms with van der Waals surface area (Å²) in [5.74, 6) is 0.738. The molecule has 1 fully saturated rings. The average Bonchev–Trinajstić information content (AvgIpc) is 2.49. The van der Waals surface area contributed by atoms with Crippen LogP contribution in [0, 0.1) is 0 Å². The standard InChI is InChI=1S/C15H24BNO4/c1-17(12-15-4-2-3-10-20-15)9-11-21-14-7-5-13(6-8-14)16(18)19/h5-8,15,18-19H,2-4,9-12H2,1H3. The quantitative estimate of drug-likeness (QED) is 0.706. The molecule has 1 heterocycles. The van der Waals surface area contributed by atoms with Gasteiger partial charge in [0.15, 0.2) is 0 Å². The van der Waals surface area contributed by atoms with Crippen LogP contribution in [0.3, 0.4) is 0 Å². The van der Waals surface area contributed by atoms with Crippen molar-refractivity contribution < 1.29 is 19.5 Å². The summed E-state index contributed by atoms with van der Waals surface area (Å²) < 4.78 is 11.4. The molecule has 1 atom stereocenters. The number of ether oxygens (including phenoxy) is 2. The Morgan fingerprint density at radius 2 is 2.05 bits per heavy atom. The molecule has 0 bridgehead atoms. The number of nitrogens with zero attached hydrogens (tertiary/aromatic N) is 1. The van der Waals surface area contributed by atoms with Crippen LogP contribution in [0.15, 0.2) is 24.3 Å². The maximum absolute atomic E-state index is 9.02. The molecule has 1 aromatic rings. The summed E-state index contributed by atoms with van der Waals surface area (Å²) in [5.41, 5.74) is 0.467. The Morgan fingerprint density at radius 1 is 1.29 bits per heavy atom. The lowest BCUT2D eigenvalue weighted by molar-refractivity contribution is -0.00282. The minimum absolute atomic E-state index is 0.356. The number of likely N-dealkylation sites (N-methyl/N-ethyl adjacent to an activating group) is 1. The molecule has 0 spiro atoms. The molecule has 1 aliphatic rings. The molecule has 1 unspecified atom stereocenters. The van der Waals surface area contributed by atoms with Crippen LogP contribution in [0.1, 0.15) is 19.3 Å². The molecule has 1 aliphatic heterocycles. The van der Waals surface area contributed by atoms with Crippen LogP contribution in [0.4, 0.5) is 0 Å². The van der Waals surface area contributed by atoms with Gasteiger partial charge in [0.2, 0.25) is 0 Å². The summed E-state index contributed by atoms with van der Waals surface area (Å²) >= 11 is 0. The van der Waals surface area contributed by atoms with Gasteiger partial charge in [0.05, 0.1) is 6.10 Å². The third kappa shape index (κ3) is 5.67. The van der Waals surface area contributed by atoms with E-state index in [1.807, 2.05) is 0 Å². The molecule has 5 nitrogen and oxygen atoms in total. The van der Waals surface area contributed by atoms with Crippen molar-refractivity contribution in [2.75, 3.05) is 33.4 Å². The van der Waals surface area contributed by atoms with E-state index in [-0.39, 0.29) is 0 Å². The van der Waals surface area contributed by atoms with Gasteiger partial charge in [-0.3, -0.25) is 0 Å². The first-order valence-corrected chi connectivity index (χ1v) is 7.54. The summed E-state index contributed by atoms with van der Waals surface area (Å²) in [7, 11) is 0.646. The van der Waals surface area contributed by atoms with Gasteiger partial charge in [-0.25, -0.2) is 0 Å². The Hall–Kier alpha value is -1.08. The zero-order valence-corrected chi connectivity index (χ0v) is 12.6. The first kappa shape index (κ1) is 16.3. The normalized spacial score (nSPS) is 18.8. The van der Waals surface area contributed by atoms with Crippen molar-refractivity contribution in [2.24, 2.45) is 0 Å². The van der Waals surface area contributed by atoms with E-state index in [1.54, 1.807) is 24.3 Å². The van der Waals surface area contributed by atoms with Crippen molar-refractivity contribution in [3.05, 3.63) is 24.3 Å². The summed E-state index contributed by atoms with van der Waals surface area (Å²) in [4.78, 5) is 2.22. The molecule has 0 saturated carbocycles. The lowest BCUT2D eigenvalue weighted by Gasteiger charge is -2.27. The number of hydrogen-bond donors (Lipinski definition) is 2. The van der Waals surface area contributed by atoms with Gasteiger partial charge in [0.25, 0.3) is 0 Å². The van der Waals surface area contributed by atoms with Gasteiger partial charge in [0, 0.05) is 19.7 Å². The van der Waals surface area contributed by atoms with Crippen LogP contribution in [0.25, 0.3) is 0 Å². The lowest BCUT2D eigenvalue weighted by Crippen LogP contribution is -2.35. The Morgan fingerprint density at radius 3 is 2.67 bits per heavy atom. The summed E-state index contributed by atoms with van der Waals surface area (Å²) in [5, 5.41) is 18.0. The van der Waals surface area contributed by atoms with E-state index < -0.39 is 7.12 Å². The largest absolute Gasteiger partial charge is 0.492 e. The molecule has 6 heteroatoms.